The van der Waals surface area contributed by atoms with Crippen LogP contribution in [0.3, 0.4) is 0 Å². The third-order valence-corrected chi connectivity index (χ3v) is 7.14. The Balaban J connectivity index is 1.21. The number of carbonyl (C=O) groups is 2. The van der Waals surface area contributed by atoms with Gasteiger partial charge in [0.05, 0.1) is 11.4 Å². The van der Waals surface area contributed by atoms with Crippen molar-refractivity contribution >= 4 is 23.1 Å². The predicted octanol–water partition coefficient (Wildman–Crippen LogP) is 3.03. The number of imidazole rings is 1. The van der Waals surface area contributed by atoms with E-state index in [2.05, 4.69) is 20.3 Å². The standard InChI is InChI=1S/C23H32N6O2/c30-22(17-7-5-13-29(15-17)23(31)25-18-8-1-2-9-18)28-12-4-6-16(14-28)20-26-19-10-3-11-24-21(19)27-20/h3,10-11,16-18H,1-2,4-9,12-15H2,(H,25,31)(H,24,26,27). The third-order valence-electron chi connectivity index (χ3n) is 7.14. The third kappa shape index (κ3) is 4.38. The highest BCUT2D eigenvalue weighted by atomic mass is 16.2. The molecule has 0 radical (unpaired) electrons. The number of urea groups is 1. The number of likely N-dealkylation sites (tertiary alicyclic amines) is 2. The SMILES string of the molecule is O=C(NC1CCCC1)N1CCCC(C(=O)N2CCCC(c3nc4ncccc4[nH]3)C2)C1. The van der Waals surface area contributed by atoms with Gasteiger partial charge in [0.1, 0.15) is 5.82 Å². The molecule has 31 heavy (non-hydrogen) atoms. The van der Waals surface area contributed by atoms with Crippen molar-refractivity contribution in [3.8, 4) is 0 Å². The summed E-state index contributed by atoms with van der Waals surface area (Å²) in [5.41, 5.74) is 1.68. The molecule has 3 aliphatic rings. The van der Waals surface area contributed by atoms with E-state index in [4.69, 9.17) is 0 Å². The molecule has 3 amide bonds. The molecule has 166 valence electrons. The zero-order chi connectivity index (χ0) is 21.2. The molecule has 0 bridgehead atoms. The topological polar surface area (TPSA) is 94.2 Å². The number of aromatic nitrogens is 3. The second-order valence-electron chi connectivity index (χ2n) is 9.34. The molecule has 5 rings (SSSR count). The predicted molar refractivity (Wildman–Crippen MR) is 118 cm³/mol. The van der Waals surface area contributed by atoms with Crippen LogP contribution in [0.1, 0.15) is 63.1 Å². The number of H-pyrrole nitrogens is 1. The summed E-state index contributed by atoms with van der Waals surface area (Å²) in [4.78, 5) is 42.3. The fourth-order valence-electron chi connectivity index (χ4n) is 5.41. The number of aromatic amines is 1. The van der Waals surface area contributed by atoms with E-state index in [9.17, 15) is 9.59 Å². The molecule has 1 saturated carbocycles. The zero-order valence-corrected chi connectivity index (χ0v) is 18.1. The van der Waals surface area contributed by atoms with Gasteiger partial charge in [0.2, 0.25) is 5.91 Å². The Morgan fingerprint density at radius 2 is 1.81 bits per heavy atom. The quantitative estimate of drug-likeness (QED) is 0.792. The first-order chi connectivity index (χ1) is 15.2. The van der Waals surface area contributed by atoms with E-state index in [1.54, 1.807) is 6.20 Å². The Labute approximate surface area is 182 Å². The average Bonchev–Trinajstić information content (AvgIpc) is 3.48. The smallest absolute Gasteiger partial charge is 0.317 e. The lowest BCUT2D eigenvalue weighted by Crippen LogP contribution is -2.52. The van der Waals surface area contributed by atoms with Crippen LogP contribution in [0.5, 0.6) is 0 Å². The molecule has 2 saturated heterocycles. The van der Waals surface area contributed by atoms with Crippen LogP contribution in [0.2, 0.25) is 0 Å². The summed E-state index contributed by atoms with van der Waals surface area (Å²) in [6.45, 7) is 2.76. The van der Waals surface area contributed by atoms with Gasteiger partial charge in [0, 0.05) is 44.3 Å². The zero-order valence-electron chi connectivity index (χ0n) is 18.1. The highest BCUT2D eigenvalue weighted by Crippen LogP contribution is 2.29. The second kappa shape index (κ2) is 8.85. The van der Waals surface area contributed by atoms with Crippen molar-refractivity contribution in [3.63, 3.8) is 0 Å². The van der Waals surface area contributed by atoms with Crippen molar-refractivity contribution in [3.05, 3.63) is 24.2 Å². The van der Waals surface area contributed by atoms with Gasteiger partial charge in [-0.15, -0.1) is 0 Å². The number of carbonyl (C=O) groups excluding carboxylic acids is 2. The molecular formula is C23H32N6O2. The van der Waals surface area contributed by atoms with E-state index in [0.717, 1.165) is 68.6 Å². The molecule has 2 N–H and O–H groups in total. The van der Waals surface area contributed by atoms with Gasteiger partial charge in [-0.05, 0) is 50.7 Å². The Hall–Kier alpha value is -2.64. The maximum absolute atomic E-state index is 13.3. The monoisotopic (exact) mass is 424 g/mol. The molecule has 2 aromatic heterocycles. The average molecular weight is 425 g/mol. The van der Waals surface area contributed by atoms with Gasteiger partial charge in [-0.3, -0.25) is 4.79 Å². The molecule has 2 aromatic rings. The fraction of sp³-hybridized carbons (Fsp3) is 0.652. The minimum atomic E-state index is -0.0980. The number of rotatable bonds is 3. The molecule has 8 heteroatoms. The molecule has 0 spiro atoms. The molecule has 2 unspecified atom stereocenters. The fourth-order valence-corrected chi connectivity index (χ4v) is 5.41. The van der Waals surface area contributed by atoms with Crippen molar-refractivity contribution < 1.29 is 9.59 Å². The van der Waals surface area contributed by atoms with Gasteiger partial charge >= 0.3 is 6.03 Å². The summed E-state index contributed by atoms with van der Waals surface area (Å²) in [7, 11) is 0. The van der Waals surface area contributed by atoms with Gasteiger partial charge in [-0.1, -0.05) is 12.8 Å². The van der Waals surface area contributed by atoms with Gasteiger partial charge in [0.15, 0.2) is 5.65 Å². The lowest BCUT2D eigenvalue weighted by molar-refractivity contribution is -0.138. The van der Waals surface area contributed by atoms with E-state index in [1.165, 1.54) is 12.8 Å². The summed E-state index contributed by atoms with van der Waals surface area (Å²) >= 11 is 0. The number of amides is 3. The largest absolute Gasteiger partial charge is 0.342 e. The number of piperidine rings is 2. The maximum atomic E-state index is 13.3. The summed E-state index contributed by atoms with van der Waals surface area (Å²) in [5, 5.41) is 3.17. The number of hydrogen-bond donors (Lipinski definition) is 2. The van der Waals surface area contributed by atoms with Crippen LogP contribution in [-0.2, 0) is 4.79 Å². The van der Waals surface area contributed by atoms with Gasteiger partial charge in [-0.25, -0.2) is 14.8 Å². The Kier molecular flexibility index (Phi) is 5.78. The minimum absolute atomic E-state index is 0.00990. The molecule has 2 aliphatic heterocycles. The highest BCUT2D eigenvalue weighted by molar-refractivity contribution is 5.81. The summed E-state index contributed by atoms with van der Waals surface area (Å²) in [6, 6.07) is 4.21. The van der Waals surface area contributed by atoms with Crippen LogP contribution in [0.25, 0.3) is 11.2 Å². The first-order valence-corrected chi connectivity index (χ1v) is 11.8. The molecule has 0 aromatic carbocycles. The Morgan fingerprint density at radius 3 is 2.65 bits per heavy atom. The number of pyridine rings is 1. The normalized spacial score (nSPS) is 25.2. The Bertz CT molecular complexity index is 904. The van der Waals surface area contributed by atoms with Crippen LogP contribution >= 0.6 is 0 Å². The number of nitrogens with one attached hydrogen (secondary N) is 2. The number of fused-ring (bicyclic) bond motifs is 1. The van der Waals surface area contributed by atoms with E-state index < -0.39 is 0 Å². The summed E-state index contributed by atoms with van der Waals surface area (Å²) in [6.07, 6.45) is 10.0. The molecule has 2 atom stereocenters. The van der Waals surface area contributed by atoms with Crippen molar-refractivity contribution in [2.24, 2.45) is 5.92 Å². The summed E-state index contributed by atoms with van der Waals surface area (Å²) < 4.78 is 0. The Morgan fingerprint density at radius 1 is 1.00 bits per heavy atom. The maximum Gasteiger partial charge on any atom is 0.317 e. The van der Waals surface area contributed by atoms with Crippen molar-refractivity contribution in [1.29, 1.82) is 0 Å². The van der Waals surface area contributed by atoms with Gasteiger partial charge in [0.25, 0.3) is 0 Å². The van der Waals surface area contributed by atoms with Crippen LogP contribution in [0, 0.1) is 5.92 Å². The van der Waals surface area contributed by atoms with E-state index in [1.807, 2.05) is 21.9 Å². The molecular weight excluding hydrogens is 392 g/mol. The minimum Gasteiger partial charge on any atom is -0.342 e. The lowest BCUT2D eigenvalue weighted by Gasteiger charge is -2.38. The van der Waals surface area contributed by atoms with Gasteiger partial charge < -0.3 is 20.1 Å². The van der Waals surface area contributed by atoms with Crippen molar-refractivity contribution in [2.75, 3.05) is 26.2 Å². The van der Waals surface area contributed by atoms with Crippen LogP contribution in [0.4, 0.5) is 4.79 Å². The first kappa shape index (κ1) is 20.3. The molecule has 4 heterocycles. The second-order valence-corrected chi connectivity index (χ2v) is 9.34. The van der Waals surface area contributed by atoms with Gasteiger partial charge in [-0.2, -0.15) is 0 Å². The highest BCUT2D eigenvalue weighted by Gasteiger charge is 2.34. The van der Waals surface area contributed by atoms with Crippen molar-refractivity contribution in [2.45, 2.75) is 63.3 Å². The lowest BCUT2D eigenvalue weighted by atomic mass is 9.93. The molecule has 8 nitrogen and oxygen atoms in total. The summed E-state index contributed by atoms with van der Waals surface area (Å²) in [5.74, 6) is 1.22. The van der Waals surface area contributed by atoms with E-state index in [-0.39, 0.29) is 23.8 Å². The number of hydrogen-bond acceptors (Lipinski definition) is 4. The van der Waals surface area contributed by atoms with Crippen LogP contribution in [-0.4, -0.2) is 68.9 Å². The first-order valence-electron chi connectivity index (χ1n) is 11.8. The van der Waals surface area contributed by atoms with Crippen LogP contribution < -0.4 is 5.32 Å². The molecule has 3 fully saturated rings. The van der Waals surface area contributed by atoms with Crippen molar-refractivity contribution in [1.82, 2.24) is 30.1 Å². The number of nitrogens with zero attached hydrogens (tertiary/aromatic N) is 4. The van der Waals surface area contributed by atoms with E-state index in [0.29, 0.717) is 19.1 Å². The van der Waals surface area contributed by atoms with E-state index >= 15 is 0 Å². The molecule has 1 aliphatic carbocycles. The van der Waals surface area contributed by atoms with Crippen LogP contribution in [0.15, 0.2) is 18.3 Å².